The number of hydrogen-bond acceptors (Lipinski definition) is 4. The van der Waals surface area contributed by atoms with E-state index in [0.717, 1.165) is 23.5 Å². The predicted molar refractivity (Wildman–Crippen MR) is 71.5 cm³/mol. The highest BCUT2D eigenvalue weighted by Gasteiger charge is 2.31. The number of carboxylic acids is 1. The molecule has 0 saturated carbocycles. The summed E-state index contributed by atoms with van der Waals surface area (Å²) in [5.41, 5.74) is -0.815. The van der Waals surface area contributed by atoms with Gasteiger partial charge in [-0.3, -0.25) is 0 Å². The summed E-state index contributed by atoms with van der Waals surface area (Å²) in [6.07, 6.45) is -4.45. The number of benzene rings is 1. The fourth-order valence-electron chi connectivity index (χ4n) is 1.34. The highest BCUT2D eigenvalue weighted by Crippen LogP contribution is 2.35. The van der Waals surface area contributed by atoms with E-state index < -0.39 is 17.7 Å². The summed E-state index contributed by atoms with van der Waals surface area (Å²) in [5.74, 6) is -1.20. The zero-order chi connectivity index (χ0) is 14.9. The second-order valence-electron chi connectivity index (χ2n) is 3.66. The monoisotopic (exact) mass is 366 g/mol. The van der Waals surface area contributed by atoms with Crippen molar-refractivity contribution in [3.63, 3.8) is 0 Å². The molecule has 0 saturated heterocycles. The van der Waals surface area contributed by atoms with Gasteiger partial charge < -0.3 is 10.4 Å². The molecular formula is C11H6BrF3N2O2S. The molecule has 0 fully saturated rings. The van der Waals surface area contributed by atoms with E-state index in [1.54, 1.807) is 0 Å². The number of carbonyl (C=O) groups is 1. The highest BCUT2D eigenvalue weighted by atomic mass is 79.9. The minimum atomic E-state index is -4.45. The van der Waals surface area contributed by atoms with Crippen molar-refractivity contribution in [2.75, 3.05) is 5.32 Å². The normalized spacial score (nSPS) is 11.4. The number of carboxylic acid groups (broad SMARTS) is 1. The Kier molecular flexibility index (Phi) is 4.00. The van der Waals surface area contributed by atoms with Gasteiger partial charge in [0.1, 0.15) is 0 Å². The van der Waals surface area contributed by atoms with Crippen LogP contribution in [0.4, 0.5) is 24.0 Å². The van der Waals surface area contributed by atoms with Crippen molar-refractivity contribution in [2.45, 2.75) is 6.18 Å². The van der Waals surface area contributed by atoms with Crippen molar-refractivity contribution in [1.82, 2.24) is 4.98 Å². The Morgan fingerprint density at radius 1 is 1.40 bits per heavy atom. The second kappa shape index (κ2) is 5.41. The third kappa shape index (κ3) is 3.28. The zero-order valence-corrected chi connectivity index (χ0v) is 11.9. The number of hydrogen-bond donors (Lipinski definition) is 2. The summed E-state index contributed by atoms with van der Waals surface area (Å²) in [4.78, 5) is 14.4. The number of alkyl halides is 3. The molecule has 2 rings (SSSR count). The van der Waals surface area contributed by atoms with Gasteiger partial charge in [-0.05, 0) is 34.1 Å². The van der Waals surface area contributed by atoms with Crippen LogP contribution in [-0.2, 0) is 6.18 Å². The summed E-state index contributed by atoms with van der Waals surface area (Å²) in [6.45, 7) is 0. The van der Waals surface area contributed by atoms with Crippen LogP contribution < -0.4 is 5.32 Å². The number of rotatable bonds is 3. The Morgan fingerprint density at radius 3 is 2.65 bits per heavy atom. The lowest BCUT2D eigenvalue weighted by Gasteiger charge is -2.10. The van der Waals surface area contributed by atoms with Gasteiger partial charge in [0, 0.05) is 9.85 Å². The molecule has 0 aliphatic carbocycles. The van der Waals surface area contributed by atoms with Crippen molar-refractivity contribution < 1.29 is 23.1 Å². The van der Waals surface area contributed by atoms with Crippen molar-refractivity contribution in [1.29, 1.82) is 0 Å². The first kappa shape index (κ1) is 14.8. The Morgan fingerprint density at radius 2 is 2.10 bits per heavy atom. The van der Waals surface area contributed by atoms with Gasteiger partial charge in [-0.15, -0.1) is 11.3 Å². The Balaban J connectivity index is 2.30. The van der Waals surface area contributed by atoms with E-state index in [1.165, 1.54) is 11.4 Å². The number of halogens is 4. The van der Waals surface area contributed by atoms with Crippen LogP contribution in [0.25, 0.3) is 0 Å². The average molecular weight is 367 g/mol. The number of nitrogens with one attached hydrogen (secondary N) is 1. The number of aromatic carboxylic acids is 1. The first-order valence-corrected chi connectivity index (χ1v) is 6.77. The van der Waals surface area contributed by atoms with E-state index in [4.69, 9.17) is 5.11 Å². The number of aromatic nitrogens is 1. The smallest absolute Gasteiger partial charge is 0.416 e. The van der Waals surface area contributed by atoms with Crippen molar-refractivity contribution in [3.05, 3.63) is 39.3 Å². The van der Waals surface area contributed by atoms with E-state index in [0.29, 0.717) is 4.47 Å². The molecule has 4 nitrogen and oxygen atoms in total. The van der Waals surface area contributed by atoms with Gasteiger partial charge in [0.05, 0.1) is 11.3 Å². The number of thiazole rings is 1. The van der Waals surface area contributed by atoms with Gasteiger partial charge in [0.15, 0.2) is 10.8 Å². The lowest BCUT2D eigenvalue weighted by molar-refractivity contribution is -0.137. The summed E-state index contributed by atoms with van der Waals surface area (Å²) in [6, 6.07) is 3.13. The highest BCUT2D eigenvalue weighted by molar-refractivity contribution is 9.10. The number of anilines is 2. The van der Waals surface area contributed by atoms with Gasteiger partial charge >= 0.3 is 12.1 Å². The summed E-state index contributed by atoms with van der Waals surface area (Å²) < 4.78 is 38.3. The lowest BCUT2D eigenvalue weighted by Crippen LogP contribution is -2.05. The van der Waals surface area contributed by atoms with Gasteiger partial charge in [0.25, 0.3) is 0 Å². The van der Waals surface area contributed by atoms with Crippen LogP contribution in [0.1, 0.15) is 16.1 Å². The van der Waals surface area contributed by atoms with Gasteiger partial charge in [-0.25, -0.2) is 9.78 Å². The molecule has 0 bridgehead atoms. The predicted octanol–water partition coefficient (Wildman–Crippen LogP) is 4.37. The fraction of sp³-hybridized carbons (Fsp3) is 0.0909. The van der Waals surface area contributed by atoms with Crippen LogP contribution in [-0.4, -0.2) is 16.1 Å². The first-order valence-electron chi connectivity index (χ1n) is 5.10. The topological polar surface area (TPSA) is 62.2 Å². The quantitative estimate of drug-likeness (QED) is 0.846. The second-order valence-corrected chi connectivity index (χ2v) is 5.37. The maximum Gasteiger partial charge on any atom is 0.416 e. The van der Waals surface area contributed by atoms with Gasteiger partial charge in [-0.1, -0.05) is 0 Å². The molecule has 0 unspecified atom stereocenters. The molecule has 0 aliphatic heterocycles. The van der Waals surface area contributed by atoms with Crippen LogP contribution in [0.15, 0.2) is 28.1 Å². The van der Waals surface area contributed by atoms with Crippen LogP contribution in [0, 0.1) is 0 Å². The van der Waals surface area contributed by atoms with Crippen molar-refractivity contribution in [2.24, 2.45) is 0 Å². The van der Waals surface area contributed by atoms with Crippen molar-refractivity contribution >= 4 is 44.1 Å². The summed E-state index contributed by atoms with van der Waals surface area (Å²) in [7, 11) is 0. The van der Waals surface area contributed by atoms with Gasteiger partial charge in [-0.2, -0.15) is 13.2 Å². The van der Waals surface area contributed by atoms with Gasteiger partial charge in [0.2, 0.25) is 0 Å². The summed E-state index contributed by atoms with van der Waals surface area (Å²) >= 11 is 4.11. The zero-order valence-electron chi connectivity index (χ0n) is 9.53. The molecule has 1 heterocycles. The summed E-state index contributed by atoms with van der Waals surface area (Å²) in [5, 5.41) is 12.9. The molecule has 0 aliphatic rings. The van der Waals surface area contributed by atoms with E-state index in [2.05, 4.69) is 26.2 Å². The van der Waals surface area contributed by atoms with E-state index >= 15 is 0 Å². The van der Waals surface area contributed by atoms with E-state index in [9.17, 15) is 18.0 Å². The molecule has 2 N–H and O–H groups in total. The lowest BCUT2D eigenvalue weighted by atomic mass is 10.2. The SMILES string of the molecule is O=C(O)c1csc(Nc2cc(C(F)(F)F)ccc2Br)n1. The standard InChI is InChI=1S/C11H6BrF3N2O2S/c12-6-2-1-5(11(13,14)15)3-7(6)16-10-17-8(4-20-10)9(18)19/h1-4H,(H,16,17)(H,18,19). The molecule has 0 amide bonds. The molecular weight excluding hydrogens is 361 g/mol. The van der Waals surface area contributed by atoms with Crippen LogP contribution >= 0.6 is 27.3 Å². The third-order valence-electron chi connectivity index (χ3n) is 2.26. The fourth-order valence-corrected chi connectivity index (χ4v) is 2.38. The average Bonchev–Trinajstić information content (AvgIpc) is 2.79. The Labute approximate surface area is 123 Å². The Hall–Kier alpha value is -1.61. The van der Waals surface area contributed by atoms with E-state index in [1.807, 2.05) is 0 Å². The molecule has 106 valence electrons. The molecule has 0 spiro atoms. The molecule has 1 aromatic carbocycles. The van der Waals surface area contributed by atoms with Crippen LogP contribution in [0.3, 0.4) is 0 Å². The first-order chi connectivity index (χ1) is 9.27. The minimum absolute atomic E-state index is 0.158. The largest absolute Gasteiger partial charge is 0.476 e. The maximum atomic E-state index is 12.6. The molecule has 0 atom stereocenters. The van der Waals surface area contributed by atoms with Crippen molar-refractivity contribution in [3.8, 4) is 0 Å². The molecule has 9 heteroatoms. The van der Waals surface area contributed by atoms with Crippen LogP contribution in [0.2, 0.25) is 0 Å². The molecule has 1 aromatic heterocycles. The van der Waals surface area contributed by atoms with E-state index in [-0.39, 0.29) is 16.5 Å². The number of nitrogens with zero attached hydrogens (tertiary/aromatic N) is 1. The molecule has 2 aromatic rings. The van der Waals surface area contributed by atoms with Crippen LogP contribution in [0.5, 0.6) is 0 Å². The molecule has 0 radical (unpaired) electrons. The third-order valence-corrected chi connectivity index (χ3v) is 3.71. The Bertz CT molecular complexity index is 657. The maximum absolute atomic E-state index is 12.6. The minimum Gasteiger partial charge on any atom is -0.476 e. The molecule has 20 heavy (non-hydrogen) atoms.